The molecule has 0 aliphatic carbocycles. The molecular formula is C30H26BrN3O8S2. The third-order valence-electron chi connectivity index (χ3n) is 6.43. The Hall–Kier alpha value is -4.40. The van der Waals surface area contributed by atoms with Gasteiger partial charge >= 0.3 is 0 Å². The van der Waals surface area contributed by atoms with Crippen LogP contribution < -0.4 is 24.2 Å². The molecule has 1 aliphatic rings. The largest absolute Gasteiger partial charge is 0.497 e. The van der Waals surface area contributed by atoms with Gasteiger partial charge in [0.25, 0.3) is 21.8 Å². The highest BCUT2D eigenvalue weighted by atomic mass is 79.9. The molecule has 1 aromatic heterocycles. The highest BCUT2D eigenvalue weighted by molar-refractivity contribution is 9.10. The summed E-state index contributed by atoms with van der Waals surface area (Å²) in [5.74, 6) is 0.537. The van der Waals surface area contributed by atoms with Crippen LogP contribution in [0.4, 0.5) is 11.4 Å². The molecule has 0 fully saturated rings. The Bertz CT molecular complexity index is 1840. The summed E-state index contributed by atoms with van der Waals surface area (Å²) in [4.78, 5) is 28.9. The Morgan fingerprint density at radius 2 is 1.64 bits per heavy atom. The van der Waals surface area contributed by atoms with Gasteiger partial charge in [-0.1, -0.05) is 27.7 Å². The van der Waals surface area contributed by atoms with E-state index >= 15 is 0 Å². The van der Waals surface area contributed by atoms with E-state index in [1.54, 1.807) is 66.7 Å². The second-order valence-corrected chi connectivity index (χ2v) is 12.8. The summed E-state index contributed by atoms with van der Waals surface area (Å²) in [6.45, 7) is -0.0561. The number of rotatable bonds is 12. The number of hydrogen-bond acceptors (Lipinski definition) is 10. The number of sulfonamides is 1. The van der Waals surface area contributed by atoms with Crippen molar-refractivity contribution >= 4 is 60.9 Å². The number of furan rings is 1. The van der Waals surface area contributed by atoms with Gasteiger partial charge in [-0.15, -0.1) is 0 Å². The number of methoxy groups -OCH3 is 3. The van der Waals surface area contributed by atoms with Gasteiger partial charge in [0, 0.05) is 21.1 Å². The predicted octanol–water partition coefficient (Wildman–Crippen LogP) is 5.85. The Kier molecular flexibility index (Phi) is 9.22. The van der Waals surface area contributed by atoms with Gasteiger partial charge < -0.3 is 23.9 Å². The Balaban J connectivity index is 1.43. The van der Waals surface area contributed by atoms with E-state index in [1.165, 1.54) is 33.7 Å². The lowest BCUT2D eigenvalue weighted by Crippen LogP contribution is -2.31. The van der Waals surface area contributed by atoms with E-state index < -0.39 is 21.8 Å². The number of amides is 2. The van der Waals surface area contributed by atoms with Crippen molar-refractivity contribution in [2.45, 2.75) is 16.3 Å². The monoisotopic (exact) mass is 699 g/mol. The molecule has 228 valence electrons. The molecule has 14 heteroatoms. The Morgan fingerprint density at radius 1 is 0.886 bits per heavy atom. The van der Waals surface area contributed by atoms with Crippen molar-refractivity contribution in [2.24, 2.45) is 0 Å². The summed E-state index contributed by atoms with van der Waals surface area (Å²) in [5.41, 5.74) is 0.802. The average molecular weight is 701 g/mol. The highest BCUT2D eigenvalue weighted by Gasteiger charge is 2.40. The first-order valence-corrected chi connectivity index (χ1v) is 16.0. The predicted molar refractivity (Wildman–Crippen MR) is 168 cm³/mol. The van der Waals surface area contributed by atoms with Crippen molar-refractivity contribution in [1.82, 2.24) is 4.90 Å². The van der Waals surface area contributed by atoms with E-state index in [-0.39, 0.29) is 27.8 Å². The molecule has 0 unspecified atom stereocenters. The zero-order valence-corrected chi connectivity index (χ0v) is 26.8. The van der Waals surface area contributed by atoms with E-state index in [2.05, 4.69) is 26.0 Å². The SMILES string of the molecule is COc1ccc(NC2=C(Sc3ccc(NS(=O)(=O)c4cc(Br)ccc4OC)cc3)C(=O)N(Cc3ccco3)C2=O)c(OC)c1. The topological polar surface area (TPSA) is 136 Å². The fourth-order valence-electron chi connectivity index (χ4n) is 4.28. The zero-order valence-electron chi connectivity index (χ0n) is 23.6. The van der Waals surface area contributed by atoms with Crippen LogP contribution in [0.2, 0.25) is 0 Å². The lowest BCUT2D eigenvalue weighted by atomic mass is 10.2. The molecule has 2 amide bonds. The molecule has 0 atom stereocenters. The summed E-state index contributed by atoms with van der Waals surface area (Å²) in [5, 5.41) is 3.08. The number of halogens is 1. The van der Waals surface area contributed by atoms with Crippen molar-refractivity contribution in [2.75, 3.05) is 31.4 Å². The van der Waals surface area contributed by atoms with Crippen LogP contribution in [0.1, 0.15) is 5.76 Å². The van der Waals surface area contributed by atoms with E-state index in [9.17, 15) is 18.0 Å². The summed E-state index contributed by atoms with van der Waals surface area (Å²) >= 11 is 4.36. The highest BCUT2D eigenvalue weighted by Crippen LogP contribution is 2.39. The number of carbonyl (C=O) groups is 2. The van der Waals surface area contributed by atoms with Gasteiger partial charge in [-0.05, 0) is 66.7 Å². The van der Waals surface area contributed by atoms with Crippen LogP contribution in [0.15, 0.2) is 108 Å². The maximum absolute atomic E-state index is 13.6. The first-order chi connectivity index (χ1) is 21.1. The molecule has 2 heterocycles. The first-order valence-electron chi connectivity index (χ1n) is 12.9. The molecular weight excluding hydrogens is 674 g/mol. The minimum Gasteiger partial charge on any atom is -0.497 e. The van der Waals surface area contributed by atoms with Gasteiger partial charge in [0.1, 0.15) is 38.5 Å². The van der Waals surface area contributed by atoms with E-state index in [1.807, 2.05) is 0 Å². The van der Waals surface area contributed by atoms with Crippen molar-refractivity contribution in [3.05, 3.63) is 99.9 Å². The molecule has 4 aromatic rings. The quantitative estimate of drug-likeness (QED) is 0.173. The lowest BCUT2D eigenvalue weighted by molar-refractivity contribution is -0.138. The van der Waals surface area contributed by atoms with E-state index in [4.69, 9.17) is 18.6 Å². The second-order valence-electron chi connectivity index (χ2n) is 9.20. The van der Waals surface area contributed by atoms with Crippen LogP contribution in [0, 0.1) is 0 Å². The first kappa shape index (κ1) is 31.0. The fourth-order valence-corrected chi connectivity index (χ4v) is 6.99. The number of carbonyl (C=O) groups excluding carboxylic acids is 2. The molecule has 44 heavy (non-hydrogen) atoms. The molecule has 0 spiro atoms. The van der Waals surface area contributed by atoms with Crippen LogP contribution in [-0.2, 0) is 26.2 Å². The molecule has 11 nitrogen and oxygen atoms in total. The summed E-state index contributed by atoms with van der Waals surface area (Å²) in [7, 11) is 0.417. The van der Waals surface area contributed by atoms with Gasteiger partial charge in [-0.25, -0.2) is 8.42 Å². The molecule has 0 bridgehead atoms. The molecule has 5 rings (SSSR count). The average Bonchev–Trinajstić information content (AvgIpc) is 3.61. The summed E-state index contributed by atoms with van der Waals surface area (Å²) in [6.07, 6.45) is 1.47. The van der Waals surface area contributed by atoms with Crippen LogP contribution >= 0.6 is 27.7 Å². The van der Waals surface area contributed by atoms with Crippen LogP contribution in [0.25, 0.3) is 0 Å². The number of hydrogen-bond donors (Lipinski definition) is 2. The van der Waals surface area contributed by atoms with E-state index in [0.29, 0.717) is 38.0 Å². The number of benzene rings is 3. The van der Waals surface area contributed by atoms with Crippen molar-refractivity contribution in [3.8, 4) is 17.2 Å². The Labute approximate surface area is 266 Å². The summed E-state index contributed by atoms with van der Waals surface area (Å²) in [6, 6.07) is 19.5. The molecule has 3 aromatic carbocycles. The number of imide groups is 1. The van der Waals surface area contributed by atoms with Crippen molar-refractivity contribution in [1.29, 1.82) is 0 Å². The van der Waals surface area contributed by atoms with Crippen LogP contribution in [0.3, 0.4) is 0 Å². The van der Waals surface area contributed by atoms with Gasteiger partial charge in [0.2, 0.25) is 0 Å². The molecule has 0 saturated heterocycles. The number of nitrogens with one attached hydrogen (secondary N) is 2. The second kappa shape index (κ2) is 13.1. The number of anilines is 2. The van der Waals surface area contributed by atoms with Crippen molar-refractivity contribution in [3.63, 3.8) is 0 Å². The lowest BCUT2D eigenvalue weighted by Gasteiger charge is -2.15. The minimum absolute atomic E-state index is 0.0330. The standard InChI is InChI=1S/C30H26BrN3O8S2/c1-39-20-9-12-23(25(16-20)41-3)32-27-28(30(36)34(29(27)35)17-21-5-4-14-42-21)43-22-10-7-19(8-11-22)33-44(37,38)26-15-18(31)6-13-24(26)40-2/h4-16,32-33H,17H2,1-3H3. The minimum atomic E-state index is -3.98. The zero-order chi connectivity index (χ0) is 31.4. The van der Waals surface area contributed by atoms with E-state index in [0.717, 1.165) is 16.7 Å². The van der Waals surface area contributed by atoms with Crippen LogP contribution in [0.5, 0.6) is 17.2 Å². The van der Waals surface area contributed by atoms with Crippen molar-refractivity contribution < 1.29 is 36.6 Å². The maximum Gasteiger partial charge on any atom is 0.278 e. The molecule has 1 aliphatic heterocycles. The maximum atomic E-state index is 13.6. The molecule has 0 saturated carbocycles. The fraction of sp³-hybridized carbons (Fsp3) is 0.133. The number of ether oxygens (including phenoxy) is 3. The van der Waals surface area contributed by atoms with Gasteiger partial charge in [0.05, 0.1) is 39.8 Å². The van der Waals surface area contributed by atoms with Gasteiger partial charge in [-0.2, -0.15) is 0 Å². The normalized spacial score (nSPS) is 13.3. The van der Waals surface area contributed by atoms with Gasteiger partial charge in [-0.3, -0.25) is 19.2 Å². The number of nitrogens with zero attached hydrogens (tertiary/aromatic N) is 1. The summed E-state index contributed by atoms with van der Waals surface area (Å²) < 4.78 is 50.7. The Morgan fingerprint density at radius 3 is 2.30 bits per heavy atom. The van der Waals surface area contributed by atoms with Gasteiger partial charge in [0.15, 0.2) is 0 Å². The molecule has 0 radical (unpaired) electrons. The molecule has 2 N–H and O–H groups in total. The third kappa shape index (κ3) is 6.56. The number of thioether (sulfide) groups is 1. The van der Waals surface area contributed by atoms with Crippen LogP contribution in [-0.4, -0.2) is 46.5 Å². The smallest absolute Gasteiger partial charge is 0.278 e. The third-order valence-corrected chi connectivity index (χ3v) is 9.42.